The number of carbonyl (C=O) groups is 2. The molecular formula is C11H15NO3. The Kier molecular flexibility index (Phi) is 2.50. The minimum atomic E-state index is -0.693. The van der Waals surface area contributed by atoms with E-state index in [1.807, 2.05) is 12.2 Å². The van der Waals surface area contributed by atoms with Crippen LogP contribution in [-0.2, 0) is 14.3 Å². The molecule has 2 heterocycles. The van der Waals surface area contributed by atoms with Crippen molar-refractivity contribution in [1.82, 2.24) is 4.90 Å². The Labute approximate surface area is 88.9 Å². The second-order valence-electron chi connectivity index (χ2n) is 3.93. The number of carbonyl (C=O) groups excluding carboxylic acids is 2. The monoisotopic (exact) mass is 209 g/mol. The summed E-state index contributed by atoms with van der Waals surface area (Å²) >= 11 is 0. The predicted octanol–water partition coefficient (Wildman–Crippen LogP) is 0.871. The molecule has 0 saturated carbocycles. The molecule has 1 saturated heterocycles. The normalized spacial score (nSPS) is 29.1. The molecule has 0 spiro atoms. The van der Waals surface area contributed by atoms with Gasteiger partial charge in [0.15, 0.2) is 0 Å². The minimum Gasteiger partial charge on any atom is -0.464 e. The number of fused-ring (bicyclic) bond motifs is 1. The summed E-state index contributed by atoms with van der Waals surface area (Å²) in [5, 5.41) is 0. The van der Waals surface area contributed by atoms with Gasteiger partial charge in [-0.25, -0.2) is 4.79 Å². The van der Waals surface area contributed by atoms with Gasteiger partial charge >= 0.3 is 5.97 Å². The number of nitrogens with zero attached hydrogens (tertiary/aromatic N) is 1. The van der Waals surface area contributed by atoms with E-state index in [0.717, 1.165) is 0 Å². The fourth-order valence-corrected chi connectivity index (χ4v) is 2.33. The summed E-state index contributed by atoms with van der Waals surface area (Å²) in [5.74, 6) is -0.187. The third-order valence-electron chi connectivity index (χ3n) is 3.14. The lowest BCUT2D eigenvalue weighted by Gasteiger charge is -2.37. The maximum atomic E-state index is 11.9. The van der Waals surface area contributed by atoms with Gasteiger partial charge in [0.25, 0.3) is 0 Å². The minimum absolute atomic E-state index is 0.0624. The lowest BCUT2D eigenvalue weighted by Crippen LogP contribution is -2.53. The lowest BCUT2D eigenvalue weighted by atomic mass is 9.90. The lowest BCUT2D eigenvalue weighted by molar-refractivity contribution is -0.159. The van der Waals surface area contributed by atoms with Crippen molar-refractivity contribution in [2.75, 3.05) is 13.2 Å². The number of amides is 1. The molecule has 0 radical (unpaired) electrons. The number of hydrogen-bond acceptors (Lipinski definition) is 3. The molecule has 0 aromatic heterocycles. The second kappa shape index (κ2) is 3.68. The Hall–Kier alpha value is -1.32. The molecule has 1 unspecified atom stereocenters. The average molecular weight is 209 g/mol. The molecule has 82 valence electrons. The van der Waals surface area contributed by atoms with Crippen molar-refractivity contribution in [3.63, 3.8) is 0 Å². The van der Waals surface area contributed by atoms with Crippen molar-refractivity contribution >= 4 is 11.9 Å². The molecule has 4 nitrogen and oxygen atoms in total. The standard InChI is InChI=1S/C11H15NO3/c1-2-15-10(14)11-6-3-4-8-12(11)9(13)5-7-11/h3-4H,2,5-8H2,1H3. The highest BCUT2D eigenvalue weighted by molar-refractivity contribution is 5.92. The number of ether oxygens (including phenoxy) is 1. The highest BCUT2D eigenvalue weighted by Gasteiger charge is 2.51. The summed E-state index contributed by atoms with van der Waals surface area (Å²) in [4.78, 5) is 25.2. The number of esters is 1. The van der Waals surface area contributed by atoms with Gasteiger partial charge in [-0.1, -0.05) is 12.2 Å². The topological polar surface area (TPSA) is 46.6 Å². The van der Waals surface area contributed by atoms with Crippen molar-refractivity contribution in [3.8, 4) is 0 Å². The van der Waals surface area contributed by atoms with E-state index in [0.29, 0.717) is 32.4 Å². The SMILES string of the molecule is CCOC(=O)C12CC=CCN1C(=O)CC2. The summed E-state index contributed by atoms with van der Waals surface area (Å²) in [6.45, 7) is 2.69. The molecule has 1 atom stereocenters. The summed E-state index contributed by atoms with van der Waals surface area (Å²) < 4.78 is 5.07. The fraction of sp³-hybridized carbons (Fsp3) is 0.636. The van der Waals surface area contributed by atoms with E-state index in [1.165, 1.54) is 0 Å². The highest BCUT2D eigenvalue weighted by Crippen LogP contribution is 2.36. The molecule has 1 fully saturated rings. The first kappa shape index (κ1) is 10.2. The summed E-state index contributed by atoms with van der Waals surface area (Å²) in [5.41, 5.74) is -0.693. The molecule has 2 rings (SSSR count). The van der Waals surface area contributed by atoms with Crippen molar-refractivity contribution in [3.05, 3.63) is 12.2 Å². The highest BCUT2D eigenvalue weighted by atomic mass is 16.5. The first-order valence-corrected chi connectivity index (χ1v) is 5.33. The van der Waals surface area contributed by atoms with E-state index in [9.17, 15) is 9.59 Å². The zero-order valence-corrected chi connectivity index (χ0v) is 8.86. The van der Waals surface area contributed by atoms with Gasteiger partial charge in [-0.2, -0.15) is 0 Å². The maximum Gasteiger partial charge on any atom is 0.332 e. The molecule has 1 amide bonds. The smallest absolute Gasteiger partial charge is 0.332 e. The Morgan fingerprint density at radius 3 is 3.13 bits per heavy atom. The van der Waals surface area contributed by atoms with Gasteiger partial charge in [0.05, 0.1) is 6.61 Å². The van der Waals surface area contributed by atoms with Crippen LogP contribution in [-0.4, -0.2) is 35.5 Å². The van der Waals surface area contributed by atoms with Gasteiger partial charge in [0.2, 0.25) is 5.91 Å². The summed E-state index contributed by atoms with van der Waals surface area (Å²) in [6.07, 6.45) is 5.54. The second-order valence-corrected chi connectivity index (χ2v) is 3.93. The van der Waals surface area contributed by atoms with E-state index in [4.69, 9.17) is 4.74 Å². The van der Waals surface area contributed by atoms with Gasteiger partial charge in [-0.05, 0) is 19.8 Å². The molecule has 2 aliphatic rings. The zero-order chi connectivity index (χ0) is 10.9. The molecule has 0 aromatic carbocycles. The van der Waals surface area contributed by atoms with Crippen molar-refractivity contribution in [2.24, 2.45) is 0 Å². The van der Waals surface area contributed by atoms with Crippen LogP contribution in [0.2, 0.25) is 0 Å². The van der Waals surface area contributed by atoms with Crippen LogP contribution in [0.25, 0.3) is 0 Å². The van der Waals surface area contributed by atoms with E-state index < -0.39 is 5.54 Å². The molecule has 0 aromatic rings. The van der Waals surface area contributed by atoms with Crippen LogP contribution in [0, 0.1) is 0 Å². The molecular weight excluding hydrogens is 194 g/mol. The van der Waals surface area contributed by atoms with Gasteiger partial charge < -0.3 is 9.64 Å². The van der Waals surface area contributed by atoms with E-state index in [2.05, 4.69) is 0 Å². The zero-order valence-electron chi connectivity index (χ0n) is 8.86. The van der Waals surface area contributed by atoms with Crippen LogP contribution in [0.15, 0.2) is 12.2 Å². The number of hydrogen-bond donors (Lipinski definition) is 0. The molecule has 0 bridgehead atoms. The Bertz CT molecular complexity index is 324. The van der Waals surface area contributed by atoms with Crippen molar-refractivity contribution < 1.29 is 14.3 Å². The van der Waals surface area contributed by atoms with Gasteiger partial charge in [-0.3, -0.25) is 4.79 Å². The third-order valence-corrected chi connectivity index (χ3v) is 3.14. The fourth-order valence-electron chi connectivity index (χ4n) is 2.33. The van der Waals surface area contributed by atoms with Crippen molar-refractivity contribution in [2.45, 2.75) is 31.7 Å². The van der Waals surface area contributed by atoms with Crippen LogP contribution in [0.5, 0.6) is 0 Å². The average Bonchev–Trinajstić information content (AvgIpc) is 2.59. The maximum absolute atomic E-state index is 11.9. The van der Waals surface area contributed by atoms with E-state index in [-0.39, 0.29) is 11.9 Å². The summed E-state index contributed by atoms with van der Waals surface area (Å²) in [6, 6.07) is 0. The van der Waals surface area contributed by atoms with E-state index >= 15 is 0 Å². The van der Waals surface area contributed by atoms with Crippen LogP contribution >= 0.6 is 0 Å². The van der Waals surface area contributed by atoms with Crippen LogP contribution in [0.3, 0.4) is 0 Å². The van der Waals surface area contributed by atoms with Crippen LogP contribution in [0.1, 0.15) is 26.2 Å². The third kappa shape index (κ3) is 1.44. The molecule has 15 heavy (non-hydrogen) atoms. The first-order chi connectivity index (χ1) is 7.20. The quantitative estimate of drug-likeness (QED) is 0.501. The van der Waals surface area contributed by atoms with Crippen LogP contribution < -0.4 is 0 Å². The van der Waals surface area contributed by atoms with Gasteiger partial charge in [-0.15, -0.1) is 0 Å². The van der Waals surface area contributed by atoms with Crippen LogP contribution in [0.4, 0.5) is 0 Å². The molecule has 2 aliphatic heterocycles. The molecule has 0 N–H and O–H groups in total. The first-order valence-electron chi connectivity index (χ1n) is 5.33. The Morgan fingerprint density at radius 1 is 1.60 bits per heavy atom. The molecule has 0 aliphatic carbocycles. The van der Waals surface area contributed by atoms with Gasteiger partial charge in [0.1, 0.15) is 5.54 Å². The summed E-state index contributed by atoms with van der Waals surface area (Å²) in [7, 11) is 0. The van der Waals surface area contributed by atoms with Crippen molar-refractivity contribution in [1.29, 1.82) is 0 Å². The Morgan fingerprint density at radius 2 is 2.40 bits per heavy atom. The predicted molar refractivity (Wildman–Crippen MR) is 54.1 cm³/mol. The number of rotatable bonds is 2. The van der Waals surface area contributed by atoms with E-state index in [1.54, 1.807) is 11.8 Å². The van der Waals surface area contributed by atoms with Gasteiger partial charge in [0, 0.05) is 13.0 Å². The Balaban J connectivity index is 2.27. The molecule has 4 heteroatoms. The largest absolute Gasteiger partial charge is 0.464 e.